The fourth-order valence-corrected chi connectivity index (χ4v) is 2.57. The standard InChI is InChI=1S/C12H14ClF2N7O/c1-19-6-8(5-16-19)20(2)11(23)21-3-4-22-9(7-21)17-18-10(22)12(13,14)15/h5-6H,3-4,7H2,1-2H3. The Bertz CT molecular complexity index is 738. The van der Waals surface area contributed by atoms with Gasteiger partial charge in [0.05, 0.1) is 18.4 Å². The van der Waals surface area contributed by atoms with E-state index in [1.807, 2.05) is 0 Å². The summed E-state index contributed by atoms with van der Waals surface area (Å²) in [6.45, 7) is 0.504. The van der Waals surface area contributed by atoms with Crippen molar-refractivity contribution in [1.82, 2.24) is 29.4 Å². The van der Waals surface area contributed by atoms with Crippen LogP contribution >= 0.6 is 11.6 Å². The molecule has 2 aromatic rings. The van der Waals surface area contributed by atoms with Crippen LogP contribution in [0.25, 0.3) is 0 Å². The monoisotopic (exact) mass is 345 g/mol. The van der Waals surface area contributed by atoms with Gasteiger partial charge in [-0.25, -0.2) is 4.79 Å². The maximum atomic E-state index is 13.2. The van der Waals surface area contributed by atoms with Crippen molar-refractivity contribution in [3.63, 3.8) is 0 Å². The number of rotatable bonds is 2. The van der Waals surface area contributed by atoms with Crippen LogP contribution in [0.1, 0.15) is 11.6 Å². The van der Waals surface area contributed by atoms with Gasteiger partial charge in [0, 0.05) is 33.4 Å². The largest absolute Gasteiger partial charge is 0.381 e. The number of aryl methyl sites for hydroxylation is 1. The Balaban J connectivity index is 1.77. The number of aromatic nitrogens is 5. The van der Waals surface area contributed by atoms with Gasteiger partial charge < -0.3 is 9.47 Å². The fraction of sp³-hybridized carbons (Fsp3) is 0.500. The van der Waals surface area contributed by atoms with E-state index in [1.165, 1.54) is 14.4 Å². The van der Waals surface area contributed by atoms with E-state index in [4.69, 9.17) is 11.6 Å². The molecule has 124 valence electrons. The zero-order chi connectivity index (χ0) is 16.8. The van der Waals surface area contributed by atoms with E-state index in [9.17, 15) is 13.6 Å². The maximum Gasteiger partial charge on any atom is 0.381 e. The molecule has 1 aliphatic heterocycles. The SMILES string of the molecule is CN(C(=O)N1CCn2c(nnc2C(F)(F)Cl)C1)c1cnn(C)c1. The van der Waals surface area contributed by atoms with Gasteiger partial charge in [-0.3, -0.25) is 9.58 Å². The molecule has 0 spiro atoms. The van der Waals surface area contributed by atoms with Crippen LogP contribution < -0.4 is 4.90 Å². The Morgan fingerprint density at radius 2 is 2.13 bits per heavy atom. The minimum absolute atomic E-state index is 0.0867. The Kier molecular flexibility index (Phi) is 3.71. The molecule has 2 amide bonds. The van der Waals surface area contributed by atoms with Gasteiger partial charge in [0.15, 0.2) is 5.82 Å². The van der Waals surface area contributed by atoms with Crippen molar-refractivity contribution in [3.8, 4) is 0 Å². The van der Waals surface area contributed by atoms with E-state index < -0.39 is 11.2 Å². The lowest BCUT2D eigenvalue weighted by molar-refractivity contribution is 0.0773. The first kappa shape index (κ1) is 15.7. The van der Waals surface area contributed by atoms with Gasteiger partial charge >= 0.3 is 11.4 Å². The second-order valence-electron chi connectivity index (χ2n) is 5.22. The number of hydrogen-bond acceptors (Lipinski definition) is 4. The number of hydrogen-bond donors (Lipinski definition) is 0. The van der Waals surface area contributed by atoms with Crippen LogP contribution in [0.15, 0.2) is 12.4 Å². The van der Waals surface area contributed by atoms with Gasteiger partial charge in [-0.2, -0.15) is 13.9 Å². The van der Waals surface area contributed by atoms with Crippen LogP contribution in [0.4, 0.5) is 19.3 Å². The van der Waals surface area contributed by atoms with Crippen molar-refractivity contribution in [2.45, 2.75) is 18.5 Å². The van der Waals surface area contributed by atoms with Gasteiger partial charge in [-0.15, -0.1) is 10.2 Å². The number of halogens is 3. The Morgan fingerprint density at radius 3 is 2.74 bits per heavy atom. The number of amides is 2. The summed E-state index contributed by atoms with van der Waals surface area (Å²) in [5.74, 6) is -0.318. The van der Waals surface area contributed by atoms with Crippen LogP contribution in [0.5, 0.6) is 0 Å². The van der Waals surface area contributed by atoms with Crippen molar-refractivity contribution in [1.29, 1.82) is 0 Å². The highest BCUT2D eigenvalue weighted by atomic mass is 35.5. The first-order chi connectivity index (χ1) is 10.8. The van der Waals surface area contributed by atoms with Crippen molar-refractivity contribution in [2.24, 2.45) is 7.05 Å². The normalized spacial score (nSPS) is 14.7. The van der Waals surface area contributed by atoms with E-state index in [-0.39, 0.29) is 31.5 Å². The highest BCUT2D eigenvalue weighted by Crippen LogP contribution is 2.32. The molecule has 3 rings (SSSR count). The summed E-state index contributed by atoms with van der Waals surface area (Å²) in [4.78, 5) is 15.5. The van der Waals surface area contributed by atoms with E-state index in [0.717, 1.165) is 0 Å². The molecular weight excluding hydrogens is 332 g/mol. The van der Waals surface area contributed by atoms with Gasteiger partial charge in [0.2, 0.25) is 5.82 Å². The molecule has 1 aliphatic rings. The average Bonchev–Trinajstić information content (AvgIpc) is 3.10. The van der Waals surface area contributed by atoms with Crippen molar-refractivity contribution in [3.05, 3.63) is 24.0 Å². The van der Waals surface area contributed by atoms with Gasteiger partial charge in [0.25, 0.3) is 0 Å². The molecule has 0 bridgehead atoms. The highest BCUT2D eigenvalue weighted by molar-refractivity contribution is 6.21. The summed E-state index contributed by atoms with van der Waals surface area (Å²) < 4.78 is 29.3. The van der Waals surface area contributed by atoms with Gasteiger partial charge in [-0.05, 0) is 11.6 Å². The third-order valence-electron chi connectivity index (χ3n) is 3.64. The first-order valence-electron chi connectivity index (χ1n) is 6.78. The molecule has 23 heavy (non-hydrogen) atoms. The molecule has 3 heterocycles. The number of urea groups is 1. The molecule has 0 N–H and O–H groups in total. The van der Waals surface area contributed by atoms with Crippen LogP contribution in [0.3, 0.4) is 0 Å². The Labute approximate surface area is 135 Å². The number of carbonyl (C=O) groups is 1. The molecular formula is C12H14ClF2N7O. The van der Waals surface area contributed by atoms with Crippen LogP contribution in [-0.2, 0) is 25.5 Å². The minimum atomic E-state index is -3.58. The molecule has 0 unspecified atom stereocenters. The molecule has 0 fully saturated rings. The van der Waals surface area contributed by atoms with E-state index >= 15 is 0 Å². The Morgan fingerprint density at radius 1 is 1.39 bits per heavy atom. The summed E-state index contributed by atoms with van der Waals surface area (Å²) in [6, 6.07) is -0.272. The molecule has 11 heteroatoms. The molecule has 0 saturated carbocycles. The highest BCUT2D eigenvalue weighted by Gasteiger charge is 2.38. The number of fused-ring (bicyclic) bond motifs is 1. The first-order valence-corrected chi connectivity index (χ1v) is 7.15. The smallest absolute Gasteiger partial charge is 0.315 e. The molecule has 0 atom stereocenters. The lowest BCUT2D eigenvalue weighted by atomic mass is 10.3. The van der Waals surface area contributed by atoms with Crippen molar-refractivity contribution >= 4 is 23.3 Å². The summed E-state index contributed by atoms with van der Waals surface area (Å²) in [5.41, 5.74) is 0.637. The fourth-order valence-electron chi connectivity index (χ4n) is 2.43. The minimum Gasteiger partial charge on any atom is -0.315 e. The zero-order valence-corrected chi connectivity index (χ0v) is 13.2. The quantitative estimate of drug-likeness (QED) is 0.771. The third kappa shape index (κ3) is 2.85. The van der Waals surface area contributed by atoms with Crippen LogP contribution in [0, 0.1) is 0 Å². The van der Waals surface area contributed by atoms with Gasteiger partial charge in [0.1, 0.15) is 0 Å². The zero-order valence-electron chi connectivity index (χ0n) is 12.4. The second kappa shape index (κ2) is 5.44. The van der Waals surface area contributed by atoms with E-state index in [1.54, 1.807) is 31.2 Å². The lowest BCUT2D eigenvalue weighted by Crippen LogP contribution is -2.45. The van der Waals surface area contributed by atoms with E-state index in [0.29, 0.717) is 5.69 Å². The number of alkyl halides is 3. The lowest BCUT2D eigenvalue weighted by Gasteiger charge is -2.31. The molecule has 0 saturated heterocycles. The molecule has 0 radical (unpaired) electrons. The molecule has 0 aromatic carbocycles. The summed E-state index contributed by atoms with van der Waals surface area (Å²) in [5, 5.41) is 7.58. The summed E-state index contributed by atoms with van der Waals surface area (Å²) >= 11 is 5.01. The Hall–Kier alpha value is -2.23. The maximum absolute atomic E-state index is 13.2. The summed E-state index contributed by atoms with van der Waals surface area (Å²) in [7, 11) is 3.37. The predicted octanol–water partition coefficient (Wildman–Crippen LogP) is 1.37. The molecule has 8 nitrogen and oxygen atoms in total. The summed E-state index contributed by atoms with van der Waals surface area (Å²) in [6.07, 6.45) is 3.27. The second-order valence-corrected chi connectivity index (χ2v) is 5.70. The number of anilines is 1. The molecule has 0 aliphatic carbocycles. The average molecular weight is 346 g/mol. The van der Waals surface area contributed by atoms with Crippen molar-refractivity contribution < 1.29 is 13.6 Å². The van der Waals surface area contributed by atoms with Crippen LogP contribution in [-0.4, -0.2) is 49.1 Å². The van der Waals surface area contributed by atoms with Gasteiger partial charge in [-0.1, -0.05) is 0 Å². The van der Waals surface area contributed by atoms with Crippen LogP contribution in [0.2, 0.25) is 0 Å². The van der Waals surface area contributed by atoms with Crippen molar-refractivity contribution in [2.75, 3.05) is 18.5 Å². The van der Waals surface area contributed by atoms with E-state index in [2.05, 4.69) is 15.3 Å². The number of nitrogens with zero attached hydrogens (tertiary/aromatic N) is 7. The third-order valence-corrected chi connectivity index (χ3v) is 3.81. The molecule has 2 aromatic heterocycles. The topological polar surface area (TPSA) is 72.1 Å². The number of carbonyl (C=O) groups excluding carboxylic acids is 1. The predicted molar refractivity (Wildman–Crippen MR) is 77.2 cm³/mol.